The van der Waals surface area contributed by atoms with E-state index in [9.17, 15) is 5.11 Å². The molecule has 0 spiro atoms. The highest BCUT2D eigenvalue weighted by molar-refractivity contribution is 6.32. The van der Waals surface area contributed by atoms with E-state index in [1.807, 2.05) is 26.0 Å². The minimum atomic E-state index is -0.485. The standard InChI is InChI=1S/C14H19ClO3/c1-5-18-13-8-11(6-9(2)10(3)16)7-12(15)14(13)17-4/h6-8,10,16H,5H2,1-4H3/b9-6-. The number of hydrogen-bond donors (Lipinski definition) is 1. The highest BCUT2D eigenvalue weighted by Crippen LogP contribution is 2.36. The smallest absolute Gasteiger partial charge is 0.179 e. The molecule has 1 N–H and O–H groups in total. The zero-order valence-electron chi connectivity index (χ0n) is 11.2. The number of aliphatic hydroxyl groups excluding tert-OH is 1. The fraction of sp³-hybridized carbons (Fsp3) is 0.429. The van der Waals surface area contributed by atoms with Crippen LogP contribution in [0.5, 0.6) is 11.5 Å². The van der Waals surface area contributed by atoms with Crippen LogP contribution in [0, 0.1) is 0 Å². The van der Waals surface area contributed by atoms with Crippen molar-refractivity contribution in [2.45, 2.75) is 26.9 Å². The Kier molecular flexibility index (Phi) is 5.51. The summed E-state index contributed by atoms with van der Waals surface area (Å²) in [7, 11) is 1.56. The normalized spacial score (nSPS) is 13.3. The van der Waals surface area contributed by atoms with Gasteiger partial charge < -0.3 is 14.6 Å². The maximum atomic E-state index is 9.47. The second kappa shape index (κ2) is 6.66. The number of methoxy groups -OCH3 is 1. The van der Waals surface area contributed by atoms with Crippen LogP contribution in [0.2, 0.25) is 5.02 Å². The third-order valence-corrected chi connectivity index (χ3v) is 2.87. The highest BCUT2D eigenvalue weighted by Gasteiger charge is 2.11. The van der Waals surface area contributed by atoms with Gasteiger partial charge in [-0.05, 0) is 44.0 Å². The molecule has 3 nitrogen and oxygen atoms in total. The molecule has 0 saturated carbocycles. The Morgan fingerprint density at radius 2 is 2.17 bits per heavy atom. The van der Waals surface area contributed by atoms with Crippen molar-refractivity contribution in [2.75, 3.05) is 13.7 Å². The Morgan fingerprint density at radius 1 is 1.50 bits per heavy atom. The Hall–Kier alpha value is -1.19. The molecule has 1 aromatic rings. The Balaban J connectivity index is 3.20. The van der Waals surface area contributed by atoms with Crippen molar-refractivity contribution in [3.8, 4) is 11.5 Å². The molecule has 4 heteroatoms. The van der Waals surface area contributed by atoms with Crippen LogP contribution in [-0.2, 0) is 0 Å². The third kappa shape index (κ3) is 3.65. The van der Waals surface area contributed by atoms with Crippen LogP contribution in [0.3, 0.4) is 0 Å². The summed E-state index contributed by atoms with van der Waals surface area (Å²) in [6, 6.07) is 3.63. The molecule has 1 atom stereocenters. The number of ether oxygens (including phenoxy) is 2. The number of halogens is 1. The summed E-state index contributed by atoms with van der Waals surface area (Å²) in [4.78, 5) is 0. The van der Waals surface area contributed by atoms with E-state index in [4.69, 9.17) is 21.1 Å². The molecule has 0 fully saturated rings. The Bertz CT molecular complexity index is 439. The molecular weight excluding hydrogens is 252 g/mol. The SMILES string of the molecule is CCOc1cc(/C=C(/C)C(C)O)cc(Cl)c1OC. The van der Waals surface area contributed by atoms with Crippen molar-refractivity contribution in [3.63, 3.8) is 0 Å². The lowest BCUT2D eigenvalue weighted by atomic mass is 10.1. The predicted molar refractivity (Wildman–Crippen MR) is 74.5 cm³/mol. The highest BCUT2D eigenvalue weighted by atomic mass is 35.5. The van der Waals surface area contributed by atoms with E-state index in [0.29, 0.717) is 23.1 Å². The van der Waals surface area contributed by atoms with Crippen molar-refractivity contribution < 1.29 is 14.6 Å². The molecule has 0 aromatic heterocycles. The molecule has 0 bridgehead atoms. The first kappa shape index (κ1) is 14.9. The number of hydrogen-bond acceptors (Lipinski definition) is 3. The quantitative estimate of drug-likeness (QED) is 0.890. The molecule has 1 rings (SSSR count). The van der Waals surface area contributed by atoms with E-state index in [1.165, 1.54) is 0 Å². The monoisotopic (exact) mass is 270 g/mol. The van der Waals surface area contributed by atoms with Crippen LogP contribution in [0.4, 0.5) is 0 Å². The molecular formula is C14H19ClO3. The minimum absolute atomic E-state index is 0.485. The first-order valence-corrected chi connectivity index (χ1v) is 6.24. The van der Waals surface area contributed by atoms with Crippen LogP contribution in [0.15, 0.2) is 17.7 Å². The topological polar surface area (TPSA) is 38.7 Å². The first-order chi connectivity index (χ1) is 8.49. The zero-order chi connectivity index (χ0) is 13.7. The van der Waals surface area contributed by atoms with E-state index >= 15 is 0 Å². The van der Waals surface area contributed by atoms with Crippen molar-refractivity contribution in [1.29, 1.82) is 0 Å². The summed E-state index contributed by atoms with van der Waals surface area (Å²) in [5, 5.41) is 9.96. The summed E-state index contributed by atoms with van der Waals surface area (Å²) < 4.78 is 10.7. The van der Waals surface area contributed by atoms with Gasteiger partial charge in [0, 0.05) is 0 Å². The van der Waals surface area contributed by atoms with E-state index in [1.54, 1.807) is 20.1 Å². The molecule has 0 aliphatic rings. The molecule has 0 amide bonds. The number of benzene rings is 1. The van der Waals surface area contributed by atoms with Gasteiger partial charge in [0.15, 0.2) is 11.5 Å². The summed E-state index contributed by atoms with van der Waals surface area (Å²) in [5.41, 5.74) is 1.74. The Labute approximate surface area is 113 Å². The molecule has 0 heterocycles. The van der Waals surface area contributed by atoms with Crippen molar-refractivity contribution in [2.24, 2.45) is 0 Å². The average molecular weight is 271 g/mol. The van der Waals surface area contributed by atoms with Crippen molar-refractivity contribution >= 4 is 17.7 Å². The minimum Gasteiger partial charge on any atom is -0.491 e. The molecule has 100 valence electrons. The summed E-state index contributed by atoms with van der Waals surface area (Å²) in [6.45, 7) is 6.02. The second-order valence-electron chi connectivity index (χ2n) is 4.03. The molecule has 0 radical (unpaired) electrons. The van der Waals surface area contributed by atoms with Crippen LogP contribution >= 0.6 is 11.6 Å². The molecule has 0 saturated heterocycles. The summed E-state index contributed by atoms with van der Waals surface area (Å²) in [5.74, 6) is 1.14. The van der Waals surface area contributed by atoms with E-state index in [-0.39, 0.29) is 0 Å². The summed E-state index contributed by atoms with van der Waals surface area (Å²) >= 11 is 6.14. The van der Waals surface area contributed by atoms with Gasteiger partial charge in [0.25, 0.3) is 0 Å². The summed E-state index contributed by atoms with van der Waals surface area (Å²) in [6.07, 6.45) is 1.39. The molecule has 1 aromatic carbocycles. The maximum Gasteiger partial charge on any atom is 0.179 e. The van der Waals surface area contributed by atoms with Crippen molar-refractivity contribution in [1.82, 2.24) is 0 Å². The van der Waals surface area contributed by atoms with Gasteiger partial charge in [-0.15, -0.1) is 0 Å². The van der Waals surface area contributed by atoms with Gasteiger partial charge in [0.05, 0.1) is 24.8 Å². The lowest BCUT2D eigenvalue weighted by Gasteiger charge is -2.12. The van der Waals surface area contributed by atoms with Crippen LogP contribution in [0.1, 0.15) is 26.3 Å². The number of aliphatic hydroxyl groups is 1. The van der Waals surface area contributed by atoms with E-state index < -0.39 is 6.10 Å². The maximum absolute atomic E-state index is 9.47. The van der Waals surface area contributed by atoms with Crippen molar-refractivity contribution in [3.05, 3.63) is 28.3 Å². The van der Waals surface area contributed by atoms with Gasteiger partial charge in [0.1, 0.15) is 0 Å². The lowest BCUT2D eigenvalue weighted by Crippen LogP contribution is -2.01. The van der Waals surface area contributed by atoms with Gasteiger partial charge in [-0.1, -0.05) is 17.7 Å². The van der Waals surface area contributed by atoms with Gasteiger partial charge in [-0.3, -0.25) is 0 Å². The zero-order valence-corrected chi connectivity index (χ0v) is 11.9. The van der Waals surface area contributed by atoms with Gasteiger partial charge in [0.2, 0.25) is 0 Å². The average Bonchev–Trinajstić information content (AvgIpc) is 2.29. The molecule has 18 heavy (non-hydrogen) atoms. The molecule has 0 aliphatic heterocycles. The predicted octanol–water partition coefficient (Wildman–Crippen LogP) is 3.53. The van der Waals surface area contributed by atoms with Gasteiger partial charge >= 0.3 is 0 Å². The van der Waals surface area contributed by atoms with Crippen LogP contribution < -0.4 is 9.47 Å². The van der Waals surface area contributed by atoms with E-state index in [0.717, 1.165) is 11.1 Å². The van der Waals surface area contributed by atoms with Crippen LogP contribution in [0.25, 0.3) is 6.08 Å². The number of rotatable bonds is 5. The molecule has 0 aliphatic carbocycles. The molecule has 1 unspecified atom stereocenters. The third-order valence-electron chi connectivity index (χ3n) is 2.59. The Morgan fingerprint density at radius 3 is 2.67 bits per heavy atom. The largest absolute Gasteiger partial charge is 0.491 e. The lowest BCUT2D eigenvalue weighted by molar-refractivity contribution is 0.232. The fourth-order valence-corrected chi connectivity index (χ4v) is 1.81. The fourth-order valence-electron chi connectivity index (χ4n) is 1.52. The second-order valence-corrected chi connectivity index (χ2v) is 4.44. The van der Waals surface area contributed by atoms with Gasteiger partial charge in [-0.25, -0.2) is 0 Å². The van der Waals surface area contributed by atoms with Crippen LogP contribution in [-0.4, -0.2) is 24.9 Å². The first-order valence-electron chi connectivity index (χ1n) is 5.86. The van der Waals surface area contributed by atoms with Gasteiger partial charge in [-0.2, -0.15) is 0 Å². The van der Waals surface area contributed by atoms with E-state index in [2.05, 4.69) is 0 Å².